The van der Waals surface area contributed by atoms with E-state index in [4.69, 9.17) is 9.15 Å². The molecule has 0 amide bonds. The fraction of sp³-hybridized carbons (Fsp3) is 0.448. The zero-order valence-electron chi connectivity index (χ0n) is 22.9. The van der Waals surface area contributed by atoms with Crippen molar-refractivity contribution < 1.29 is 24.2 Å². The van der Waals surface area contributed by atoms with Crippen molar-refractivity contribution in [3.8, 4) is 10.8 Å². The highest BCUT2D eigenvalue weighted by Crippen LogP contribution is 2.37. The van der Waals surface area contributed by atoms with Crippen molar-refractivity contribution in [3.05, 3.63) is 74.8 Å². The molecule has 212 valence electrons. The highest BCUT2D eigenvalue weighted by Gasteiger charge is 2.36. The van der Waals surface area contributed by atoms with Gasteiger partial charge in [-0.2, -0.15) is 0 Å². The standard InChI is InChI=1S/C29H33N3O7S/c1-17-21-24(33)32(28(2,3)26(34)35)27(36)31(25(21)40-22(17)23-30-14-15-38-23)16-20(18-8-6-5-7-9-18)39-19-10-12-29(4,37)13-11-19/h5-9,14-15,19-20,37H,10-13,16H2,1-4H3,(H,34,35)/t19-,20-,29-/m0/s1. The molecule has 1 atom stereocenters. The number of aryl methyl sites for hydroxylation is 1. The molecule has 0 radical (unpaired) electrons. The van der Waals surface area contributed by atoms with Crippen LogP contribution >= 0.6 is 11.3 Å². The number of aliphatic carboxylic acids is 1. The van der Waals surface area contributed by atoms with Crippen LogP contribution in [0.2, 0.25) is 0 Å². The highest BCUT2D eigenvalue weighted by molar-refractivity contribution is 7.22. The molecule has 5 rings (SSSR count). The van der Waals surface area contributed by atoms with Gasteiger partial charge in [0.05, 0.1) is 34.7 Å². The number of carbonyl (C=O) groups is 1. The first-order valence-electron chi connectivity index (χ1n) is 13.3. The van der Waals surface area contributed by atoms with Crippen LogP contribution in [0.25, 0.3) is 21.0 Å². The van der Waals surface area contributed by atoms with Crippen molar-refractivity contribution in [2.24, 2.45) is 0 Å². The molecular formula is C29H33N3O7S. The van der Waals surface area contributed by atoms with Crippen LogP contribution in [0.4, 0.5) is 0 Å². The average Bonchev–Trinajstić information content (AvgIpc) is 3.55. The molecule has 4 aromatic rings. The number of fused-ring (bicyclic) bond motifs is 1. The van der Waals surface area contributed by atoms with Gasteiger partial charge in [0.2, 0.25) is 5.89 Å². The van der Waals surface area contributed by atoms with Gasteiger partial charge in [0, 0.05) is 0 Å². The third-order valence-corrected chi connectivity index (χ3v) is 9.11. The molecule has 1 saturated carbocycles. The lowest BCUT2D eigenvalue weighted by Gasteiger charge is -2.35. The number of rotatable bonds is 8. The number of thiophene rings is 1. The van der Waals surface area contributed by atoms with Crippen molar-refractivity contribution in [3.63, 3.8) is 0 Å². The molecule has 0 saturated heterocycles. The topological polar surface area (TPSA) is 137 Å². The molecule has 0 bridgehead atoms. The van der Waals surface area contributed by atoms with Gasteiger partial charge in [-0.3, -0.25) is 9.36 Å². The van der Waals surface area contributed by atoms with E-state index in [2.05, 4.69) is 4.98 Å². The summed E-state index contributed by atoms with van der Waals surface area (Å²) in [6.45, 7) is 6.29. The molecule has 2 N–H and O–H groups in total. The van der Waals surface area contributed by atoms with Gasteiger partial charge in [0.1, 0.15) is 22.7 Å². The van der Waals surface area contributed by atoms with E-state index in [1.165, 1.54) is 42.2 Å². The zero-order chi connectivity index (χ0) is 28.8. The molecule has 11 heteroatoms. The molecule has 0 spiro atoms. The van der Waals surface area contributed by atoms with Gasteiger partial charge >= 0.3 is 11.7 Å². The third kappa shape index (κ3) is 5.04. The summed E-state index contributed by atoms with van der Waals surface area (Å²) in [5, 5.41) is 20.6. The van der Waals surface area contributed by atoms with Crippen molar-refractivity contribution in [2.45, 2.75) is 83.3 Å². The predicted molar refractivity (Wildman–Crippen MR) is 151 cm³/mol. The molecule has 1 aliphatic carbocycles. The highest BCUT2D eigenvalue weighted by atomic mass is 32.1. The summed E-state index contributed by atoms with van der Waals surface area (Å²) in [6.07, 6.45) is 4.76. The third-order valence-electron chi connectivity index (χ3n) is 7.81. The number of aliphatic hydroxyl groups is 1. The smallest absolute Gasteiger partial charge is 0.333 e. The lowest BCUT2D eigenvalue weighted by molar-refractivity contribution is -0.146. The summed E-state index contributed by atoms with van der Waals surface area (Å²) < 4.78 is 14.4. The predicted octanol–water partition coefficient (Wildman–Crippen LogP) is 4.46. The Morgan fingerprint density at radius 3 is 2.52 bits per heavy atom. The number of oxazole rings is 1. The molecule has 10 nitrogen and oxygen atoms in total. The first-order chi connectivity index (χ1) is 18.9. The van der Waals surface area contributed by atoms with Crippen LogP contribution in [0.3, 0.4) is 0 Å². The number of hydrogen-bond acceptors (Lipinski definition) is 8. The zero-order valence-corrected chi connectivity index (χ0v) is 23.7. The molecule has 3 heterocycles. The summed E-state index contributed by atoms with van der Waals surface area (Å²) in [6, 6.07) is 9.51. The molecule has 1 aliphatic rings. The second-order valence-corrected chi connectivity index (χ2v) is 12.2. The summed E-state index contributed by atoms with van der Waals surface area (Å²) in [5.74, 6) is -0.991. The lowest BCUT2D eigenvalue weighted by Crippen LogP contribution is -2.52. The van der Waals surface area contributed by atoms with Crippen LogP contribution < -0.4 is 11.2 Å². The lowest BCUT2D eigenvalue weighted by atomic mass is 9.85. The van der Waals surface area contributed by atoms with Crippen LogP contribution in [-0.2, 0) is 21.6 Å². The quantitative estimate of drug-likeness (QED) is 0.318. The summed E-state index contributed by atoms with van der Waals surface area (Å²) in [7, 11) is 0. The molecule has 0 unspecified atom stereocenters. The van der Waals surface area contributed by atoms with Crippen LogP contribution in [0, 0.1) is 6.92 Å². The maximum Gasteiger partial charge on any atom is 0.333 e. The van der Waals surface area contributed by atoms with E-state index in [1.807, 2.05) is 37.3 Å². The van der Waals surface area contributed by atoms with Gasteiger partial charge in [0.25, 0.3) is 5.56 Å². The largest absolute Gasteiger partial charge is 0.480 e. The Balaban J connectivity index is 1.69. The second-order valence-electron chi connectivity index (χ2n) is 11.2. The van der Waals surface area contributed by atoms with Crippen LogP contribution in [0.1, 0.15) is 63.7 Å². The van der Waals surface area contributed by atoms with Crippen molar-refractivity contribution >= 4 is 27.5 Å². The Morgan fingerprint density at radius 1 is 1.25 bits per heavy atom. The molecule has 3 aromatic heterocycles. The van der Waals surface area contributed by atoms with Crippen LogP contribution in [-0.4, -0.2) is 42.0 Å². The fourth-order valence-corrected chi connectivity index (χ4v) is 6.52. The molecule has 1 fully saturated rings. The number of ether oxygens (including phenoxy) is 1. The normalized spacial score (nSPS) is 20.6. The first kappa shape index (κ1) is 28.0. The van der Waals surface area contributed by atoms with Crippen LogP contribution in [0.15, 0.2) is 56.8 Å². The summed E-state index contributed by atoms with van der Waals surface area (Å²) in [4.78, 5) is 45.3. The Morgan fingerprint density at radius 2 is 1.93 bits per heavy atom. The number of hydrogen-bond donors (Lipinski definition) is 2. The number of nitrogens with zero attached hydrogens (tertiary/aromatic N) is 3. The van der Waals surface area contributed by atoms with Gasteiger partial charge in [0.15, 0.2) is 0 Å². The van der Waals surface area contributed by atoms with Gasteiger partial charge in [-0.25, -0.2) is 19.1 Å². The number of aromatic nitrogens is 3. The van der Waals surface area contributed by atoms with E-state index >= 15 is 0 Å². The maximum atomic E-state index is 14.0. The Hall–Kier alpha value is -3.54. The Bertz CT molecular complexity index is 1640. The average molecular weight is 568 g/mol. The monoisotopic (exact) mass is 567 g/mol. The van der Waals surface area contributed by atoms with Gasteiger partial charge < -0.3 is 19.4 Å². The summed E-state index contributed by atoms with van der Waals surface area (Å²) in [5.41, 5.74) is -2.55. The van der Waals surface area contributed by atoms with E-state index in [0.717, 1.165) is 10.1 Å². The Labute approximate surface area is 234 Å². The molecule has 0 aliphatic heterocycles. The fourth-order valence-electron chi connectivity index (χ4n) is 5.28. The first-order valence-corrected chi connectivity index (χ1v) is 14.1. The minimum atomic E-state index is -1.81. The number of carboxylic acids is 1. The minimum Gasteiger partial charge on any atom is -0.480 e. The van der Waals surface area contributed by atoms with Crippen molar-refractivity contribution in [2.75, 3.05) is 0 Å². The molecule has 40 heavy (non-hydrogen) atoms. The minimum absolute atomic E-state index is 0.0488. The van der Waals surface area contributed by atoms with Crippen molar-refractivity contribution in [1.82, 2.24) is 14.1 Å². The van der Waals surface area contributed by atoms with E-state index in [1.54, 1.807) is 6.92 Å². The maximum absolute atomic E-state index is 14.0. The van der Waals surface area contributed by atoms with E-state index in [-0.39, 0.29) is 18.0 Å². The van der Waals surface area contributed by atoms with E-state index < -0.39 is 34.5 Å². The Kier molecular flexibility index (Phi) is 7.32. The van der Waals surface area contributed by atoms with E-state index in [0.29, 0.717) is 46.8 Å². The van der Waals surface area contributed by atoms with Gasteiger partial charge in [-0.05, 0) is 64.5 Å². The summed E-state index contributed by atoms with van der Waals surface area (Å²) >= 11 is 1.20. The van der Waals surface area contributed by atoms with E-state index in [9.17, 15) is 24.6 Å². The second kappa shape index (κ2) is 10.5. The van der Waals surface area contributed by atoms with Crippen molar-refractivity contribution in [1.29, 1.82) is 0 Å². The molecular weight excluding hydrogens is 534 g/mol. The number of carboxylic acid groups (broad SMARTS) is 1. The molecule has 1 aromatic carbocycles. The van der Waals surface area contributed by atoms with Crippen LogP contribution in [0.5, 0.6) is 0 Å². The van der Waals surface area contributed by atoms with Gasteiger partial charge in [-0.1, -0.05) is 30.3 Å². The van der Waals surface area contributed by atoms with Gasteiger partial charge in [-0.15, -0.1) is 11.3 Å². The number of benzene rings is 1. The SMILES string of the molecule is Cc1c(-c2ncco2)sc2c1c(=O)n(C(C)(C)C(=O)O)c(=O)n2C[C@H](O[C@H]1CC[C@](C)(O)CC1)c1ccccc1.